The first kappa shape index (κ1) is 14.0. The summed E-state index contributed by atoms with van der Waals surface area (Å²) in [7, 11) is 0. The average Bonchev–Trinajstić information content (AvgIpc) is 2.53. The molecule has 2 aromatic heterocycles. The zero-order chi connectivity index (χ0) is 15.5. The lowest BCUT2D eigenvalue weighted by Crippen LogP contribution is -2.03. The quantitative estimate of drug-likeness (QED) is 0.772. The molecule has 0 aliphatic carbocycles. The molecule has 0 radical (unpaired) electrons. The molecule has 0 unspecified atom stereocenters. The topological polar surface area (TPSA) is 75.1 Å². The smallest absolute Gasteiger partial charge is 0.335 e. The van der Waals surface area contributed by atoms with Crippen molar-refractivity contribution < 1.29 is 9.90 Å². The van der Waals surface area contributed by atoms with Crippen LogP contribution in [0.15, 0.2) is 48.8 Å². The van der Waals surface area contributed by atoms with Gasteiger partial charge in [-0.1, -0.05) is 6.07 Å². The van der Waals surface area contributed by atoms with Crippen LogP contribution in [0, 0.1) is 6.92 Å². The molecule has 2 N–H and O–H groups in total. The van der Waals surface area contributed by atoms with Gasteiger partial charge in [-0.15, -0.1) is 0 Å². The Hall–Kier alpha value is -2.95. The molecule has 0 saturated carbocycles. The molecule has 1 aromatic carbocycles. The van der Waals surface area contributed by atoms with Gasteiger partial charge in [-0.3, -0.25) is 9.97 Å². The minimum absolute atomic E-state index is 0.252. The summed E-state index contributed by atoms with van der Waals surface area (Å²) in [5.41, 5.74) is 3.83. The Balaban J connectivity index is 1.99. The zero-order valence-electron chi connectivity index (χ0n) is 12.1. The summed E-state index contributed by atoms with van der Waals surface area (Å²) in [6.45, 7) is 2.53. The maximum absolute atomic E-state index is 11.2. The monoisotopic (exact) mass is 293 g/mol. The minimum atomic E-state index is -0.944. The number of pyridine rings is 2. The fourth-order valence-corrected chi connectivity index (χ4v) is 2.34. The van der Waals surface area contributed by atoms with Crippen LogP contribution in [0.5, 0.6) is 0 Å². The molecule has 3 rings (SSSR count). The number of nitrogens with zero attached hydrogens (tertiary/aromatic N) is 2. The van der Waals surface area contributed by atoms with Crippen LogP contribution < -0.4 is 5.32 Å². The van der Waals surface area contributed by atoms with E-state index >= 15 is 0 Å². The summed E-state index contributed by atoms with van der Waals surface area (Å²) < 4.78 is 0. The number of anilines is 1. The average molecular weight is 293 g/mol. The summed E-state index contributed by atoms with van der Waals surface area (Å²) in [4.78, 5) is 19.7. The van der Waals surface area contributed by atoms with Gasteiger partial charge in [0.25, 0.3) is 0 Å². The van der Waals surface area contributed by atoms with Gasteiger partial charge < -0.3 is 10.4 Å². The van der Waals surface area contributed by atoms with Crippen LogP contribution in [-0.2, 0) is 6.54 Å². The summed E-state index contributed by atoms with van der Waals surface area (Å²) >= 11 is 0. The molecular formula is C17H15N3O2. The lowest BCUT2D eigenvalue weighted by molar-refractivity contribution is 0.0697. The van der Waals surface area contributed by atoms with Gasteiger partial charge in [-0.25, -0.2) is 4.79 Å². The predicted octanol–water partition coefficient (Wildman–Crippen LogP) is 3.25. The number of hydrogen-bond donors (Lipinski definition) is 2. The van der Waals surface area contributed by atoms with E-state index in [-0.39, 0.29) is 5.56 Å². The van der Waals surface area contributed by atoms with Crippen LogP contribution in [-0.4, -0.2) is 21.0 Å². The van der Waals surface area contributed by atoms with Gasteiger partial charge in [0.15, 0.2) is 0 Å². The van der Waals surface area contributed by atoms with E-state index in [4.69, 9.17) is 5.11 Å². The number of aromatic carboxylic acids is 1. The van der Waals surface area contributed by atoms with Gasteiger partial charge in [-0.05, 0) is 42.8 Å². The lowest BCUT2D eigenvalue weighted by atomic mass is 10.1. The Bertz CT molecular complexity index is 832. The number of aromatic nitrogens is 2. The molecule has 5 nitrogen and oxygen atoms in total. The van der Waals surface area contributed by atoms with Crippen molar-refractivity contribution >= 4 is 22.6 Å². The summed E-state index contributed by atoms with van der Waals surface area (Å²) in [6, 6.07) is 10.7. The Kier molecular flexibility index (Phi) is 3.70. The standard InChI is InChI=1S/C17H15N3O2/c1-11-7-16(19-10-12-3-2-6-18-9-12)14-8-13(17(21)22)4-5-15(14)20-11/h2-9H,10H2,1H3,(H,19,20)(H,21,22). The Morgan fingerprint density at radius 3 is 2.86 bits per heavy atom. The Morgan fingerprint density at radius 1 is 1.27 bits per heavy atom. The molecule has 0 saturated heterocycles. The SMILES string of the molecule is Cc1cc(NCc2cccnc2)c2cc(C(=O)O)ccc2n1. The van der Waals surface area contributed by atoms with E-state index in [1.54, 1.807) is 30.6 Å². The van der Waals surface area contributed by atoms with Crippen molar-refractivity contribution in [3.05, 3.63) is 65.6 Å². The highest BCUT2D eigenvalue weighted by Gasteiger charge is 2.09. The molecule has 0 atom stereocenters. The van der Waals surface area contributed by atoms with E-state index in [1.807, 2.05) is 25.1 Å². The molecular weight excluding hydrogens is 278 g/mol. The van der Waals surface area contributed by atoms with Crippen LogP contribution in [0.4, 0.5) is 5.69 Å². The van der Waals surface area contributed by atoms with Crippen molar-refractivity contribution in [1.29, 1.82) is 0 Å². The number of hydrogen-bond acceptors (Lipinski definition) is 4. The van der Waals surface area contributed by atoms with E-state index in [0.717, 1.165) is 27.8 Å². The third-order valence-corrected chi connectivity index (χ3v) is 3.39. The van der Waals surface area contributed by atoms with Gasteiger partial charge in [0.1, 0.15) is 0 Å². The van der Waals surface area contributed by atoms with Gasteiger partial charge in [-0.2, -0.15) is 0 Å². The maximum atomic E-state index is 11.2. The summed E-state index contributed by atoms with van der Waals surface area (Å²) in [6.07, 6.45) is 3.53. The number of benzene rings is 1. The van der Waals surface area contributed by atoms with Gasteiger partial charge in [0.2, 0.25) is 0 Å². The highest BCUT2D eigenvalue weighted by Crippen LogP contribution is 2.25. The second-order valence-electron chi connectivity index (χ2n) is 5.06. The van der Waals surface area contributed by atoms with Crippen molar-refractivity contribution in [3.8, 4) is 0 Å². The first-order chi connectivity index (χ1) is 10.6. The van der Waals surface area contributed by atoms with Crippen LogP contribution in [0.25, 0.3) is 10.9 Å². The van der Waals surface area contributed by atoms with Crippen molar-refractivity contribution in [1.82, 2.24) is 9.97 Å². The highest BCUT2D eigenvalue weighted by atomic mass is 16.4. The fourth-order valence-electron chi connectivity index (χ4n) is 2.34. The number of carboxylic acids is 1. The number of carboxylic acid groups (broad SMARTS) is 1. The van der Waals surface area contributed by atoms with Crippen LogP contribution in [0.3, 0.4) is 0 Å². The van der Waals surface area contributed by atoms with E-state index in [0.29, 0.717) is 6.54 Å². The molecule has 0 bridgehead atoms. The molecule has 0 aliphatic heterocycles. The van der Waals surface area contributed by atoms with Gasteiger partial charge in [0, 0.05) is 35.7 Å². The lowest BCUT2D eigenvalue weighted by Gasteiger charge is -2.11. The highest BCUT2D eigenvalue weighted by molar-refractivity contribution is 5.98. The third kappa shape index (κ3) is 2.88. The third-order valence-electron chi connectivity index (χ3n) is 3.39. The molecule has 0 spiro atoms. The largest absolute Gasteiger partial charge is 0.478 e. The number of aryl methyl sites for hydroxylation is 1. The van der Waals surface area contributed by atoms with E-state index in [9.17, 15) is 4.79 Å². The Morgan fingerprint density at radius 2 is 2.14 bits per heavy atom. The predicted molar refractivity (Wildman–Crippen MR) is 85.0 cm³/mol. The van der Waals surface area contributed by atoms with Crippen LogP contribution in [0.1, 0.15) is 21.6 Å². The second-order valence-corrected chi connectivity index (χ2v) is 5.06. The van der Waals surface area contributed by atoms with Crippen molar-refractivity contribution in [3.63, 3.8) is 0 Å². The first-order valence-corrected chi connectivity index (χ1v) is 6.91. The van der Waals surface area contributed by atoms with Crippen LogP contribution in [0.2, 0.25) is 0 Å². The maximum Gasteiger partial charge on any atom is 0.335 e. The minimum Gasteiger partial charge on any atom is -0.478 e. The molecule has 110 valence electrons. The van der Waals surface area contributed by atoms with Gasteiger partial charge >= 0.3 is 5.97 Å². The first-order valence-electron chi connectivity index (χ1n) is 6.91. The molecule has 0 aliphatic rings. The van der Waals surface area contributed by atoms with Crippen LogP contribution >= 0.6 is 0 Å². The van der Waals surface area contributed by atoms with Crippen molar-refractivity contribution in [2.24, 2.45) is 0 Å². The van der Waals surface area contributed by atoms with E-state index in [1.165, 1.54) is 0 Å². The fraction of sp³-hybridized carbons (Fsp3) is 0.118. The molecule has 0 fully saturated rings. The van der Waals surface area contributed by atoms with Gasteiger partial charge in [0.05, 0.1) is 11.1 Å². The molecule has 3 aromatic rings. The normalized spacial score (nSPS) is 10.6. The zero-order valence-corrected chi connectivity index (χ0v) is 12.1. The molecule has 0 amide bonds. The number of rotatable bonds is 4. The molecule has 2 heterocycles. The van der Waals surface area contributed by atoms with Crippen molar-refractivity contribution in [2.45, 2.75) is 13.5 Å². The number of fused-ring (bicyclic) bond motifs is 1. The summed E-state index contributed by atoms with van der Waals surface area (Å²) in [5, 5.41) is 13.3. The van der Waals surface area contributed by atoms with E-state index < -0.39 is 5.97 Å². The molecule has 5 heteroatoms. The Labute approximate surface area is 127 Å². The van der Waals surface area contributed by atoms with E-state index in [2.05, 4.69) is 15.3 Å². The second kappa shape index (κ2) is 5.81. The molecule has 22 heavy (non-hydrogen) atoms. The number of carbonyl (C=O) groups is 1. The number of nitrogens with one attached hydrogen (secondary N) is 1. The van der Waals surface area contributed by atoms with Crippen molar-refractivity contribution in [2.75, 3.05) is 5.32 Å². The summed E-state index contributed by atoms with van der Waals surface area (Å²) in [5.74, 6) is -0.944.